The average molecular weight is 1950 g/mol. The average Bonchev–Trinajstić information content (AvgIpc) is 1.78. The van der Waals surface area contributed by atoms with Crippen molar-refractivity contribution in [3.63, 3.8) is 0 Å². The first kappa shape index (κ1) is 109. The number of aromatic amines is 3. The molecule has 3 aromatic carbocycles. The number of anilines is 1. The van der Waals surface area contributed by atoms with E-state index in [1.54, 1.807) is 74.8 Å². The summed E-state index contributed by atoms with van der Waals surface area (Å²) in [4.78, 5) is 268. The van der Waals surface area contributed by atoms with E-state index >= 15 is 28.8 Å². The molecule has 0 saturated carbocycles. The molecule has 746 valence electrons. The molecule has 2 aliphatic rings. The number of guanidine groups is 1. The first-order chi connectivity index (χ1) is 65.0. The van der Waals surface area contributed by atoms with E-state index in [0.717, 1.165) is 42.5 Å². The number of benzene rings is 3. The van der Waals surface area contributed by atoms with Gasteiger partial charge in [0.1, 0.15) is 78.5 Å². The van der Waals surface area contributed by atoms with E-state index in [1.165, 1.54) is 71.9 Å². The molecule has 8 rings (SSSR count). The molecular weight excluding hydrogens is 1820 g/mol. The maximum Gasteiger partial charge on any atom is 0.246 e. The molecule has 3 aromatic heterocycles. The Kier molecular flexibility index (Phi) is 41.1. The van der Waals surface area contributed by atoms with E-state index in [9.17, 15) is 66.3 Å². The molecule has 13 atom stereocenters. The number of hydrogen-bond donors (Lipinski definition) is 20. The summed E-state index contributed by atoms with van der Waals surface area (Å²) in [7, 11) is 1.37. The normalized spacial score (nSPS) is 23.2. The number of rotatable bonds is 28. The second-order valence-corrected chi connectivity index (χ2v) is 37.5. The van der Waals surface area contributed by atoms with E-state index in [1.807, 2.05) is 13.8 Å². The molecule has 0 spiro atoms. The number of aliphatic hydroxyl groups is 1. The number of nitrogens with one attached hydrogen (secondary N) is 16. The fraction of sp³-hybridized carbons (Fsp3) is 0.522. The molecule has 0 unspecified atom stereocenters. The highest BCUT2D eigenvalue weighted by Gasteiger charge is 2.44. The van der Waals surface area contributed by atoms with Crippen LogP contribution in [0, 0.1) is 11.3 Å². The maximum atomic E-state index is 15.7. The molecule has 2 aliphatic heterocycles. The number of thioether (sulfide) groups is 1. The Labute approximate surface area is 797 Å². The van der Waals surface area contributed by atoms with Crippen LogP contribution >= 0.6 is 11.8 Å². The van der Waals surface area contributed by atoms with Gasteiger partial charge in [0, 0.05) is 124 Å². The van der Waals surface area contributed by atoms with Crippen molar-refractivity contribution in [3.05, 3.63) is 120 Å². The van der Waals surface area contributed by atoms with Crippen molar-refractivity contribution in [2.45, 2.75) is 216 Å². The number of unbranched alkanes of at least 4 members (excludes halogenated alkanes) is 2. The number of carbonyl (C=O) groups excluding carboxylic acids is 17. The third-order valence-corrected chi connectivity index (χ3v) is 25.2. The Bertz CT molecular complexity index is 5400. The summed E-state index contributed by atoms with van der Waals surface area (Å²) in [6.07, 6.45) is 6.34. The second kappa shape index (κ2) is 51.8. The Morgan fingerprint density at radius 1 is 0.562 bits per heavy atom. The molecule has 17 amide bonds. The van der Waals surface area contributed by atoms with Crippen molar-refractivity contribution in [3.8, 4) is 0 Å². The van der Waals surface area contributed by atoms with Crippen molar-refractivity contribution in [1.29, 1.82) is 5.41 Å². The van der Waals surface area contributed by atoms with Gasteiger partial charge in [-0.2, -0.15) is 0 Å². The predicted octanol–water partition coefficient (Wildman–Crippen LogP) is -2.77. The number of sulfonamides is 1. The number of imidazole rings is 1. The van der Waals surface area contributed by atoms with Crippen molar-refractivity contribution in [2.75, 3.05) is 83.5 Å². The van der Waals surface area contributed by atoms with Gasteiger partial charge in [-0.25, -0.2) is 13.4 Å². The molecule has 2 fully saturated rings. The highest BCUT2D eigenvalue weighted by Crippen LogP contribution is 2.27. The van der Waals surface area contributed by atoms with Crippen LogP contribution < -0.4 is 80.4 Å². The molecule has 6 aromatic rings. The molecule has 23 N–H and O–H groups in total. The third kappa shape index (κ3) is 32.2. The summed E-state index contributed by atoms with van der Waals surface area (Å²) < 4.78 is 26.7. The van der Waals surface area contributed by atoms with Crippen LogP contribution in [0.25, 0.3) is 21.8 Å². The van der Waals surface area contributed by atoms with Crippen molar-refractivity contribution < 1.29 is 95.0 Å². The Morgan fingerprint density at radius 2 is 1.10 bits per heavy atom. The van der Waals surface area contributed by atoms with Crippen LogP contribution in [0.15, 0.2) is 97.7 Å². The molecule has 2 saturated heterocycles. The van der Waals surface area contributed by atoms with Gasteiger partial charge in [-0.05, 0) is 98.7 Å². The van der Waals surface area contributed by atoms with Crippen molar-refractivity contribution >= 4 is 156 Å². The van der Waals surface area contributed by atoms with Crippen molar-refractivity contribution in [2.24, 2.45) is 23.1 Å². The topological polar surface area (TPSA) is 667 Å². The maximum absolute atomic E-state index is 15.7. The lowest BCUT2D eigenvalue weighted by molar-refractivity contribution is -0.149. The number of primary amides is 2. The van der Waals surface area contributed by atoms with Crippen LogP contribution in [-0.4, -0.2) is 322 Å². The van der Waals surface area contributed by atoms with E-state index in [-0.39, 0.29) is 95.3 Å². The molecule has 0 bridgehead atoms. The fourth-order valence-electron chi connectivity index (χ4n) is 16.1. The summed E-state index contributed by atoms with van der Waals surface area (Å²) in [5.41, 5.74) is 19.9. The SMILES string of the molecule is CCCC[C@H]1C(=O)N(C)[C@@H](CCCC)C(=O)N[C@@H](CCCNC(=N)N)C(=O)N[C@H](C(=O)NCC(N)=O)CSCC(=O)N[C@@H](Cc2ccc(NS(C)(=O)=O)cc2)C(=O)N(C)[C@@H](C)C(=O)N[C@@H](CC(N)=O)C(=O)N2CCC[C@H]2C(=O)N[C@@H](Cc2cnc[nH]2)C(=O)N[C@@H](CC(C)C)C(=O)N(C)CC(=O)N[C@@H](Cc2c[nH]c3ccccc23)C(=O)N[C@@H](CO)C(=O)N[C@@H](Cc2c[nH]c3ccccc23)C(=O)N1C. The van der Waals surface area contributed by atoms with E-state index < -0.39 is 233 Å². The number of aromatic nitrogens is 4. The third-order valence-electron chi connectivity index (χ3n) is 23.6. The number of H-pyrrole nitrogens is 3. The zero-order valence-corrected chi connectivity index (χ0v) is 80.2. The Hall–Kier alpha value is -13.7. The van der Waals surface area contributed by atoms with Crippen LogP contribution in [-0.2, 0) is 117 Å². The number of amides is 17. The summed E-state index contributed by atoms with van der Waals surface area (Å²) in [5, 5.41) is 49.2. The number of hydrogen-bond acceptors (Lipinski definition) is 23. The quantitative estimate of drug-likeness (QED) is 0.0134. The summed E-state index contributed by atoms with van der Waals surface area (Å²) in [6.45, 7) is 5.70. The number of likely N-dealkylation sites (N-methyl/N-ethyl adjacent to an activating group) is 4. The number of carbonyl (C=O) groups is 17. The minimum Gasteiger partial charge on any atom is -0.394 e. The van der Waals surface area contributed by atoms with E-state index in [4.69, 9.17) is 22.6 Å². The number of nitrogens with two attached hydrogens (primary N) is 3. The number of fused-ring (bicyclic) bond motifs is 3. The molecular formula is C90H129N25O20S2. The molecule has 0 aliphatic carbocycles. The lowest BCUT2D eigenvalue weighted by Gasteiger charge is -2.36. The van der Waals surface area contributed by atoms with Gasteiger partial charge in [0.15, 0.2) is 5.96 Å². The van der Waals surface area contributed by atoms with Gasteiger partial charge in [0.2, 0.25) is 110 Å². The van der Waals surface area contributed by atoms with Gasteiger partial charge in [0.05, 0.1) is 44.5 Å². The summed E-state index contributed by atoms with van der Waals surface area (Å²) >= 11 is 0.737. The van der Waals surface area contributed by atoms with Gasteiger partial charge in [-0.3, -0.25) is 91.6 Å². The lowest BCUT2D eigenvalue weighted by atomic mass is 10.00. The molecule has 47 heteroatoms. The highest BCUT2D eigenvalue weighted by atomic mass is 32.2. The minimum atomic E-state index is -3.78. The largest absolute Gasteiger partial charge is 0.394 e. The standard InChI is InChI=1S/C90H129N25O20S2/c1-11-13-26-70-83(127)103-61(25-19-33-96-90(93)94)79(123)109-69(78(122)99-44-74(92)118)47-136-48-76(120)102-65(36-52-29-31-55(32-30-52)110-137(10,134)135)86(130)112(7)51(5)77(121)105-67(40-73(91)117)88(132)115-34-20-28-71(115)84(128)104-63(39-56-43-95-49-100-56)81(125)106-64(35-50(3)4)85(129)111(6)45-75(119)101-62(37-53-41-97-59-23-17-15-21-57(53)59)80(124)108-68(46-116)82(126)107-66(38-54-42-98-60-24-18-16-22-58(54)60)87(131)114(9)72(27-14-12-2)89(133)113(70)8/h15-18,21-24,29-32,41-43,49-51,61-72,97-98,110,116H,11-14,19-20,25-28,33-40,44-48H2,1-10H3,(H2,91,117)(H2,92,118)(H,95,100)(H,99,122)(H,101,119)(H,102,120)(H,103,127)(H,104,128)(H,105,121)(H,106,125)(H,107,126)(H,108,124)(H,109,123)(H4,93,94,96)/t51-,61-,62-,63-,64-,65-,66-,67-,68-,69-,70-,71-,72-/m0/s1. The van der Waals surface area contributed by atoms with Gasteiger partial charge < -0.3 is 120 Å². The van der Waals surface area contributed by atoms with Gasteiger partial charge in [0.25, 0.3) is 0 Å². The first-order valence-electron chi connectivity index (χ1n) is 45.3. The smallest absolute Gasteiger partial charge is 0.246 e. The first-order valence-corrected chi connectivity index (χ1v) is 48.4. The van der Waals surface area contributed by atoms with Crippen LogP contribution in [0.4, 0.5) is 5.69 Å². The zero-order valence-electron chi connectivity index (χ0n) is 78.5. The lowest BCUT2D eigenvalue weighted by Crippen LogP contribution is -2.61. The van der Waals surface area contributed by atoms with E-state index in [2.05, 4.69) is 83.1 Å². The van der Waals surface area contributed by atoms with Crippen molar-refractivity contribution in [1.82, 2.24) is 103 Å². The summed E-state index contributed by atoms with van der Waals surface area (Å²) in [6, 6.07) is -0.520. The number of para-hydroxylation sites is 2. The van der Waals surface area contributed by atoms with Crippen LogP contribution in [0.3, 0.4) is 0 Å². The number of nitrogens with zero attached hydrogens (tertiary/aromatic N) is 6. The number of aliphatic hydroxyl groups excluding tert-OH is 1. The van der Waals surface area contributed by atoms with Gasteiger partial charge >= 0.3 is 0 Å². The molecule has 5 heterocycles. The van der Waals surface area contributed by atoms with Crippen LogP contribution in [0.2, 0.25) is 0 Å². The minimum absolute atomic E-state index is 0.0118. The molecule has 137 heavy (non-hydrogen) atoms. The monoisotopic (exact) mass is 1940 g/mol. The second-order valence-electron chi connectivity index (χ2n) is 34.7. The predicted molar refractivity (Wildman–Crippen MR) is 508 cm³/mol. The summed E-state index contributed by atoms with van der Waals surface area (Å²) in [5.74, 6) is -17.9. The molecule has 45 nitrogen and oxygen atoms in total. The van der Waals surface area contributed by atoms with Crippen LogP contribution in [0.5, 0.6) is 0 Å². The Balaban J connectivity index is 1.19. The Morgan fingerprint density at radius 3 is 1.69 bits per heavy atom. The van der Waals surface area contributed by atoms with E-state index in [0.29, 0.717) is 69.9 Å². The zero-order chi connectivity index (χ0) is 101. The molecule has 0 radical (unpaired) electrons. The van der Waals surface area contributed by atoms with Gasteiger partial charge in [-0.1, -0.05) is 102 Å². The van der Waals surface area contributed by atoms with Crippen LogP contribution in [0.1, 0.15) is 134 Å². The fourth-order valence-corrected chi connectivity index (χ4v) is 17.5. The van der Waals surface area contributed by atoms with Gasteiger partial charge in [-0.15, -0.1) is 11.8 Å². The highest BCUT2D eigenvalue weighted by molar-refractivity contribution is 8.00.